The summed E-state index contributed by atoms with van der Waals surface area (Å²) < 4.78 is 0. The van der Waals surface area contributed by atoms with E-state index < -0.39 is 0 Å². The van der Waals surface area contributed by atoms with Crippen LogP contribution in [0.25, 0.3) is 0 Å². The van der Waals surface area contributed by atoms with Crippen LogP contribution in [-0.2, 0) is 19.4 Å². The number of carbonyl (C=O) groups is 1. The van der Waals surface area contributed by atoms with Gasteiger partial charge in [0, 0.05) is 17.5 Å². The molecule has 0 unspecified atom stereocenters. The van der Waals surface area contributed by atoms with Crippen molar-refractivity contribution >= 4 is 6.03 Å². The predicted molar refractivity (Wildman–Crippen MR) is 96.6 cm³/mol. The van der Waals surface area contributed by atoms with Crippen LogP contribution in [0.5, 0.6) is 0 Å². The highest BCUT2D eigenvalue weighted by molar-refractivity contribution is 5.75. The second kappa shape index (κ2) is 7.51. The van der Waals surface area contributed by atoms with Gasteiger partial charge in [-0.25, -0.2) is 9.89 Å². The molecular formula is C19H24N4O2. The molecule has 1 aromatic carbocycles. The lowest BCUT2D eigenvalue weighted by Crippen LogP contribution is -2.38. The molecule has 6 heteroatoms. The van der Waals surface area contributed by atoms with Gasteiger partial charge in [0.2, 0.25) is 0 Å². The fourth-order valence-electron chi connectivity index (χ4n) is 3.27. The highest BCUT2D eigenvalue weighted by Crippen LogP contribution is 2.40. The smallest absolute Gasteiger partial charge is 0.315 e. The number of hydrogen-bond acceptors (Lipinski definition) is 3. The van der Waals surface area contributed by atoms with E-state index in [1.807, 2.05) is 32.0 Å². The number of H-pyrrole nitrogens is 1. The first-order valence-electron chi connectivity index (χ1n) is 8.82. The van der Waals surface area contributed by atoms with Gasteiger partial charge in [0.15, 0.2) is 0 Å². The first-order chi connectivity index (χ1) is 12.1. The normalized spacial score (nSPS) is 18.6. The largest absolute Gasteiger partial charge is 0.335 e. The number of aryl methyl sites for hydroxylation is 1. The van der Waals surface area contributed by atoms with Gasteiger partial charge >= 0.3 is 6.03 Å². The third kappa shape index (κ3) is 3.90. The van der Waals surface area contributed by atoms with Gasteiger partial charge in [0.25, 0.3) is 5.56 Å². The van der Waals surface area contributed by atoms with Crippen LogP contribution in [0.15, 0.2) is 35.1 Å². The molecule has 3 N–H and O–H groups in total. The Balaban J connectivity index is 1.58. The zero-order chi connectivity index (χ0) is 17.8. The number of benzene rings is 1. The van der Waals surface area contributed by atoms with Crippen molar-refractivity contribution in [1.82, 2.24) is 20.8 Å². The molecule has 1 aliphatic rings. The zero-order valence-corrected chi connectivity index (χ0v) is 14.6. The van der Waals surface area contributed by atoms with Crippen LogP contribution >= 0.6 is 0 Å². The van der Waals surface area contributed by atoms with E-state index in [2.05, 4.69) is 33.0 Å². The van der Waals surface area contributed by atoms with Crippen LogP contribution in [0, 0.1) is 0 Å². The fourth-order valence-corrected chi connectivity index (χ4v) is 3.27. The Morgan fingerprint density at radius 2 is 1.96 bits per heavy atom. The summed E-state index contributed by atoms with van der Waals surface area (Å²) in [5, 5.41) is 12.4. The average molecular weight is 340 g/mol. The Morgan fingerprint density at radius 3 is 2.64 bits per heavy atom. The summed E-state index contributed by atoms with van der Waals surface area (Å²) in [4.78, 5) is 24.2. The van der Waals surface area contributed by atoms with E-state index in [1.165, 1.54) is 5.56 Å². The first-order valence-corrected chi connectivity index (χ1v) is 8.82. The molecule has 132 valence electrons. The highest BCUT2D eigenvalue weighted by atomic mass is 16.2. The van der Waals surface area contributed by atoms with Gasteiger partial charge in [-0.15, -0.1) is 0 Å². The minimum Gasteiger partial charge on any atom is -0.335 e. The van der Waals surface area contributed by atoms with Gasteiger partial charge in [-0.1, -0.05) is 44.2 Å². The van der Waals surface area contributed by atoms with Crippen molar-refractivity contribution in [3.05, 3.63) is 63.1 Å². The average Bonchev–Trinajstić information content (AvgIpc) is 3.40. The number of nitrogens with one attached hydrogen (secondary N) is 3. The Hall–Kier alpha value is -2.63. The molecule has 0 spiro atoms. The maximum absolute atomic E-state index is 12.2. The minimum absolute atomic E-state index is 0.162. The number of hydrogen-bond donors (Lipinski definition) is 3. The molecule has 1 aliphatic carbocycles. The van der Waals surface area contributed by atoms with Crippen molar-refractivity contribution in [2.24, 2.45) is 0 Å². The molecule has 0 saturated heterocycles. The Kier molecular flexibility index (Phi) is 5.16. The summed E-state index contributed by atoms with van der Waals surface area (Å²) in [6.07, 6.45) is 2.42. The summed E-state index contributed by atoms with van der Waals surface area (Å²) >= 11 is 0. The molecule has 1 saturated carbocycles. The molecule has 2 amide bonds. The molecule has 2 aromatic rings. The van der Waals surface area contributed by atoms with Crippen LogP contribution in [0.4, 0.5) is 4.79 Å². The number of amides is 2. The van der Waals surface area contributed by atoms with Crippen LogP contribution in [0.2, 0.25) is 0 Å². The van der Waals surface area contributed by atoms with Crippen LogP contribution in [0.1, 0.15) is 48.6 Å². The molecule has 1 fully saturated rings. The summed E-state index contributed by atoms with van der Waals surface area (Å²) in [5.41, 5.74) is 3.42. The van der Waals surface area contributed by atoms with Crippen molar-refractivity contribution in [2.45, 2.75) is 51.6 Å². The Bertz CT molecular complexity index is 801. The number of urea groups is 1. The number of carbonyl (C=O) groups excluding carboxylic acids is 1. The van der Waals surface area contributed by atoms with Gasteiger partial charge in [-0.3, -0.25) is 4.79 Å². The van der Waals surface area contributed by atoms with E-state index in [0.29, 0.717) is 11.5 Å². The minimum atomic E-state index is -0.236. The molecule has 1 aromatic heterocycles. The molecule has 0 aliphatic heterocycles. The van der Waals surface area contributed by atoms with E-state index in [4.69, 9.17) is 0 Å². The molecule has 0 radical (unpaired) electrons. The van der Waals surface area contributed by atoms with Gasteiger partial charge in [0.1, 0.15) is 0 Å². The van der Waals surface area contributed by atoms with Gasteiger partial charge in [-0.05, 0) is 30.4 Å². The van der Waals surface area contributed by atoms with Crippen molar-refractivity contribution in [3.8, 4) is 0 Å². The predicted octanol–water partition coefficient (Wildman–Crippen LogP) is 2.25. The van der Waals surface area contributed by atoms with Crippen LogP contribution in [-0.4, -0.2) is 22.3 Å². The molecule has 0 bridgehead atoms. The standard InChI is InChI=1S/C19H24N4O2/c1-3-13-15(18(24)23-22-16(13)4-2)11-20-19(25)21-17-10-14(17)12-8-6-5-7-9-12/h5-9,14,17H,3-4,10-11H2,1-2H3,(H,23,24)(H2,20,21,25)/t14-,17-/m0/s1. The van der Waals surface area contributed by atoms with E-state index >= 15 is 0 Å². The van der Waals surface area contributed by atoms with Crippen molar-refractivity contribution < 1.29 is 4.79 Å². The second-order valence-corrected chi connectivity index (χ2v) is 6.35. The lowest BCUT2D eigenvalue weighted by atomic mass is 10.0. The van der Waals surface area contributed by atoms with Crippen molar-refractivity contribution in [2.75, 3.05) is 0 Å². The summed E-state index contributed by atoms with van der Waals surface area (Å²) in [6, 6.07) is 10.1. The molecule has 2 atom stereocenters. The van der Waals surface area contributed by atoms with Crippen molar-refractivity contribution in [1.29, 1.82) is 0 Å². The van der Waals surface area contributed by atoms with E-state index in [9.17, 15) is 9.59 Å². The Labute approximate surface area is 147 Å². The molecule has 1 heterocycles. The van der Waals surface area contributed by atoms with Crippen molar-refractivity contribution in [3.63, 3.8) is 0 Å². The number of aromatic nitrogens is 2. The summed E-state index contributed by atoms with van der Waals surface area (Å²) in [5.74, 6) is 0.383. The quantitative estimate of drug-likeness (QED) is 0.754. The Morgan fingerprint density at radius 1 is 1.20 bits per heavy atom. The van der Waals surface area contributed by atoms with E-state index in [1.54, 1.807) is 0 Å². The molecular weight excluding hydrogens is 316 g/mol. The third-order valence-corrected chi connectivity index (χ3v) is 4.73. The zero-order valence-electron chi connectivity index (χ0n) is 14.6. The van der Waals surface area contributed by atoms with E-state index in [-0.39, 0.29) is 24.2 Å². The maximum Gasteiger partial charge on any atom is 0.315 e. The number of aromatic amines is 1. The van der Waals surface area contributed by atoms with E-state index in [0.717, 1.165) is 30.5 Å². The summed E-state index contributed by atoms with van der Waals surface area (Å²) in [6.45, 7) is 4.21. The lowest BCUT2D eigenvalue weighted by Gasteiger charge is -2.12. The summed E-state index contributed by atoms with van der Waals surface area (Å²) in [7, 11) is 0. The SMILES string of the molecule is CCc1n[nH]c(=O)c(CNC(=O)N[C@H]2C[C@H]2c2ccccc2)c1CC. The monoisotopic (exact) mass is 340 g/mol. The molecule has 3 rings (SSSR count). The number of nitrogens with zero attached hydrogens (tertiary/aromatic N) is 1. The lowest BCUT2D eigenvalue weighted by molar-refractivity contribution is 0.240. The van der Waals surface area contributed by atoms with Gasteiger partial charge < -0.3 is 10.6 Å². The third-order valence-electron chi connectivity index (χ3n) is 4.73. The number of rotatable bonds is 6. The van der Waals surface area contributed by atoms with Crippen LogP contribution < -0.4 is 16.2 Å². The highest BCUT2D eigenvalue weighted by Gasteiger charge is 2.39. The first kappa shape index (κ1) is 17.2. The van der Waals surface area contributed by atoms with Gasteiger partial charge in [0.05, 0.1) is 12.2 Å². The van der Waals surface area contributed by atoms with Gasteiger partial charge in [-0.2, -0.15) is 5.10 Å². The molecule has 6 nitrogen and oxygen atoms in total. The molecule has 25 heavy (non-hydrogen) atoms. The maximum atomic E-state index is 12.2. The fraction of sp³-hybridized carbons (Fsp3) is 0.421. The topological polar surface area (TPSA) is 86.9 Å². The second-order valence-electron chi connectivity index (χ2n) is 6.35. The van der Waals surface area contributed by atoms with Crippen LogP contribution in [0.3, 0.4) is 0 Å².